The number of amides is 1. The molecule has 0 saturated carbocycles. The fourth-order valence-corrected chi connectivity index (χ4v) is 2.15. The zero-order chi connectivity index (χ0) is 17.1. The molecule has 24 heavy (non-hydrogen) atoms. The van der Waals surface area contributed by atoms with Crippen molar-refractivity contribution in [3.8, 4) is 23.0 Å². The molecule has 7 heteroatoms. The first-order valence-corrected chi connectivity index (χ1v) is 7.33. The van der Waals surface area contributed by atoms with Crippen LogP contribution in [0.1, 0.15) is 23.2 Å². The molecule has 0 unspecified atom stereocenters. The van der Waals surface area contributed by atoms with E-state index in [4.69, 9.17) is 4.42 Å². The molecule has 0 spiro atoms. The highest BCUT2D eigenvalue weighted by molar-refractivity contribution is 6.06. The number of hydrogen-bond acceptors (Lipinski definition) is 6. The predicted molar refractivity (Wildman–Crippen MR) is 86.8 cm³/mol. The molecule has 3 aromatic rings. The first-order chi connectivity index (χ1) is 11.6. The number of aryl methyl sites for hydroxylation is 1. The second-order valence-electron chi connectivity index (χ2n) is 5.09. The lowest BCUT2D eigenvalue weighted by atomic mass is 10.1. The molecule has 0 bridgehead atoms. The molecule has 3 rings (SSSR count). The van der Waals surface area contributed by atoms with Crippen LogP contribution in [0, 0.1) is 0 Å². The van der Waals surface area contributed by atoms with Gasteiger partial charge in [-0.2, -0.15) is 0 Å². The summed E-state index contributed by atoms with van der Waals surface area (Å²) in [6.07, 6.45) is 0.642. The molecular formula is C17H15N3O4. The van der Waals surface area contributed by atoms with Crippen molar-refractivity contribution in [1.82, 2.24) is 10.2 Å². The third-order valence-corrected chi connectivity index (χ3v) is 3.36. The van der Waals surface area contributed by atoms with E-state index in [9.17, 15) is 15.0 Å². The topological polar surface area (TPSA) is 108 Å². The van der Waals surface area contributed by atoms with E-state index >= 15 is 0 Å². The number of phenols is 2. The van der Waals surface area contributed by atoms with Crippen molar-refractivity contribution < 1.29 is 19.4 Å². The lowest BCUT2D eigenvalue weighted by Gasteiger charge is -2.08. The number of carbonyl (C=O) groups excluding carboxylic acids is 1. The van der Waals surface area contributed by atoms with Gasteiger partial charge in [0.05, 0.1) is 5.56 Å². The Morgan fingerprint density at radius 1 is 1.17 bits per heavy atom. The zero-order valence-corrected chi connectivity index (χ0v) is 12.9. The highest BCUT2D eigenvalue weighted by atomic mass is 16.4. The molecule has 0 fully saturated rings. The van der Waals surface area contributed by atoms with Crippen molar-refractivity contribution in [2.45, 2.75) is 13.3 Å². The lowest BCUT2D eigenvalue weighted by Crippen LogP contribution is -2.12. The van der Waals surface area contributed by atoms with E-state index in [1.165, 1.54) is 12.1 Å². The first-order valence-electron chi connectivity index (χ1n) is 7.33. The number of aromatic nitrogens is 2. The Balaban J connectivity index is 1.82. The van der Waals surface area contributed by atoms with Gasteiger partial charge in [0.15, 0.2) is 0 Å². The molecular weight excluding hydrogens is 310 g/mol. The Labute approximate surface area is 137 Å². The van der Waals surface area contributed by atoms with Crippen LogP contribution in [-0.4, -0.2) is 26.3 Å². The van der Waals surface area contributed by atoms with Crippen LogP contribution in [0.3, 0.4) is 0 Å². The van der Waals surface area contributed by atoms with Gasteiger partial charge in [-0.1, -0.05) is 13.0 Å². The summed E-state index contributed by atoms with van der Waals surface area (Å²) in [5.41, 5.74) is 1.25. The highest BCUT2D eigenvalue weighted by Crippen LogP contribution is 2.25. The van der Waals surface area contributed by atoms with Gasteiger partial charge in [-0.15, -0.1) is 10.2 Å². The van der Waals surface area contributed by atoms with Crippen LogP contribution in [0.2, 0.25) is 0 Å². The van der Waals surface area contributed by atoms with E-state index in [1.54, 1.807) is 24.3 Å². The molecule has 3 N–H and O–H groups in total. The molecule has 0 radical (unpaired) electrons. The summed E-state index contributed by atoms with van der Waals surface area (Å²) in [6.45, 7) is 1.91. The average molecular weight is 325 g/mol. The molecule has 0 atom stereocenters. The Hall–Kier alpha value is -3.35. The van der Waals surface area contributed by atoms with Crippen LogP contribution < -0.4 is 5.32 Å². The number of nitrogens with zero attached hydrogens (tertiary/aromatic N) is 2. The number of anilines is 1. The van der Waals surface area contributed by atoms with Crippen LogP contribution in [0.25, 0.3) is 11.5 Å². The minimum absolute atomic E-state index is 0.0595. The Morgan fingerprint density at radius 3 is 2.71 bits per heavy atom. The summed E-state index contributed by atoms with van der Waals surface area (Å²) >= 11 is 0. The van der Waals surface area contributed by atoms with Gasteiger partial charge in [0.25, 0.3) is 5.91 Å². The van der Waals surface area contributed by atoms with Crippen molar-refractivity contribution in [2.75, 3.05) is 5.32 Å². The Kier molecular flexibility index (Phi) is 4.15. The van der Waals surface area contributed by atoms with Gasteiger partial charge in [-0.25, -0.2) is 0 Å². The van der Waals surface area contributed by atoms with Gasteiger partial charge in [-0.3, -0.25) is 4.79 Å². The maximum Gasteiger partial charge on any atom is 0.259 e. The highest BCUT2D eigenvalue weighted by Gasteiger charge is 2.13. The summed E-state index contributed by atoms with van der Waals surface area (Å²) in [6, 6.07) is 10.7. The third kappa shape index (κ3) is 3.19. The lowest BCUT2D eigenvalue weighted by molar-refractivity contribution is 0.102. The SMILES string of the molecule is CCc1nnc(-c2cccc(NC(=O)c3ccc(O)cc3O)c2)o1. The molecule has 0 aliphatic heterocycles. The van der Waals surface area contributed by atoms with E-state index in [0.717, 1.165) is 6.07 Å². The number of rotatable bonds is 4. The first kappa shape index (κ1) is 15.5. The van der Waals surface area contributed by atoms with Gasteiger partial charge in [0.1, 0.15) is 11.5 Å². The van der Waals surface area contributed by atoms with Crippen LogP contribution in [0.15, 0.2) is 46.9 Å². The molecule has 122 valence electrons. The van der Waals surface area contributed by atoms with Gasteiger partial charge in [-0.05, 0) is 30.3 Å². The monoisotopic (exact) mass is 325 g/mol. The van der Waals surface area contributed by atoms with Crippen molar-refractivity contribution in [1.29, 1.82) is 0 Å². The molecule has 1 amide bonds. The second kappa shape index (κ2) is 6.41. The normalized spacial score (nSPS) is 10.5. The van der Waals surface area contributed by atoms with E-state index in [2.05, 4.69) is 15.5 Å². The fraction of sp³-hybridized carbons (Fsp3) is 0.118. The Bertz CT molecular complexity index is 889. The van der Waals surface area contributed by atoms with Crippen LogP contribution in [0.5, 0.6) is 11.5 Å². The van der Waals surface area contributed by atoms with Crippen LogP contribution in [-0.2, 0) is 6.42 Å². The molecule has 1 aromatic heterocycles. The summed E-state index contributed by atoms with van der Waals surface area (Å²) in [5, 5.41) is 29.6. The van der Waals surface area contributed by atoms with Crippen molar-refractivity contribution in [3.63, 3.8) is 0 Å². The van der Waals surface area contributed by atoms with Crippen molar-refractivity contribution in [2.24, 2.45) is 0 Å². The minimum atomic E-state index is -0.496. The average Bonchev–Trinajstić information content (AvgIpc) is 3.04. The Morgan fingerprint density at radius 2 is 2.00 bits per heavy atom. The van der Waals surface area contributed by atoms with Gasteiger partial charge in [0.2, 0.25) is 11.8 Å². The minimum Gasteiger partial charge on any atom is -0.508 e. The van der Waals surface area contributed by atoms with Crippen LogP contribution >= 0.6 is 0 Å². The standard InChI is InChI=1S/C17H15N3O4/c1-2-15-19-20-17(24-15)10-4-3-5-11(8-10)18-16(23)13-7-6-12(21)9-14(13)22/h3-9,21-22H,2H2,1H3,(H,18,23). The van der Waals surface area contributed by atoms with Crippen LogP contribution in [0.4, 0.5) is 5.69 Å². The summed E-state index contributed by atoms with van der Waals surface area (Å²) in [7, 11) is 0. The zero-order valence-electron chi connectivity index (χ0n) is 12.9. The summed E-state index contributed by atoms with van der Waals surface area (Å²) in [5.74, 6) is -0.00405. The number of nitrogens with one attached hydrogen (secondary N) is 1. The van der Waals surface area contributed by atoms with Crippen molar-refractivity contribution >= 4 is 11.6 Å². The smallest absolute Gasteiger partial charge is 0.259 e. The predicted octanol–water partition coefficient (Wildman–Crippen LogP) is 2.96. The number of hydrogen-bond donors (Lipinski definition) is 3. The largest absolute Gasteiger partial charge is 0.508 e. The number of benzene rings is 2. The van der Waals surface area contributed by atoms with Gasteiger partial charge < -0.3 is 19.9 Å². The summed E-state index contributed by atoms with van der Waals surface area (Å²) in [4.78, 5) is 12.2. The van der Waals surface area contributed by atoms with E-state index in [-0.39, 0.29) is 17.1 Å². The van der Waals surface area contributed by atoms with Crippen molar-refractivity contribution in [3.05, 3.63) is 53.9 Å². The number of aromatic hydroxyl groups is 2. The quantitative estimate of drug-likeness (QED) is 0.680. The molecule has 7 nitrogen and oxygen atoms in total. The van der Waals surface area contributed by atoms with E-state index in [0.29, 0.717) is 29.5 Å². The third-order valence-electron chi connectivity index (χ3n) is 3.36. The van der Waals surface area contributed by atoms with E-state index in [1.807, 2.05) is 6.92 Å². The maximum atomic E-state index is 12.2. The summed E-state index contributed by atoms with van der Waals surface area (Å²) < 4.78 is 5.49. The fourth-order valence-electron chi connectivity index (χ4n) is 2.15. The number of carbonyl (C=O) groups is 1. The molecule has 1 heterocycles. The molecule has 2 aromatic carbocycles. The van der Waals surface area contributed by atoms with E-state index < -0.39 is 5.91 Å². The number of phenolic OH excluding ortho intramolecular Hbond substituents is 2. The molecule has 0 aliphatic rings. The molecule has 0 saturated heterocycles. The second-order valence-corrected chi connectivity index (χ2v) is 5.09. The maximum absolute atomic E-state index is 12.2. The van der Waals surface area contributed by atoms with Gasteiger partial charge >= 0.3 is 0 Å². The van der Waals surface area contributed by atoms with Gasteiger partial charge in [0, 0.05) is 23.7 Å². The molecule has 0 aliphatic carbocycles.